The first-order chi connectivity index (χ1) is 9.16. The van der Waals surface area contributed by atoms with Crippen LogP contribution in [0.3, 0.4) is 0 Å². The summed E-state index contributed by atoms with van der Waals surface area (Å²) in [5.41, 5.74) is 0. The lowest BCUT2D eigenvalue weighted by atomic mass is 9.94. The third-order valence-corrected chi connectivity index (χ3v) is 6.79. The average Bonchev–Trinajstić information content (AvgIpc) is 3.08. The number of carbonyl (C=O) groups is 1. The fourth-order valence-corrected chi connectivity index (χ4v) is 5.66. The van der Waals surface area contributed by atoms with Crippen molar-refractivity contribution in [1.82, 2.24) is 5.32 Å². The summed E-state index contributed by atoms with van der Waals surface area (Å²) in [6.45, 7) is 0. The van der Waals surface area contributed by atoms with Crippen LogP contribution in [-0.2, 0) is 4.79 Å². The molecule has 0 aromatic carbocycles. The van der Waals surface area contributed by atoms with E-state index in [4.69, 9.17) is 4.99 Å². The summed E-state index contributed by atoms with van der Waals surface area (Å²) in [5.74, 6) is 1.16. The van der Waals surface area contributed by atoms with Crippen LogP contribution in [-0.4, -0.2) is 33.1 Å². The molecule has 0 unspecified atom stereocenters. The van der Waals surface area contributed by atoms with E-state index in [9.17, 15) is 9.90 Å². The van der Waals surface area contributed by atoms with Gasteiger partial charge in [0.25, 0.3) is 0 Å². The zero-order valence-corrected chi connectivity index (χ0v) is 11.8. The van der Waals surface area contributed by atoms with E-state index in [0.717, 1.165) is 50.1 Å². The molecule has 4 fully saturated rings. The van der Waals surface area contributed by atoms with Crippen molar-refractivity contribution in [2.24, 2.45) is 16.8 Å². The lowest BCUT2D eigenvalue weighted by molar-refractivity contribution is -0.121. The zero-order valence-electron chi connectivity index (χ0n) is 11.0. The number of carbonyl (C=O) groups excluding carboxylic acids is 1. The number of nitrogens with zero attached hydrogens (tertiary/aromatic N) is 1. The molecule has 4 atom stereocenters. The van der Waals surface area contributed by atoms with Gasteiger partial charge in [0.15, 0.2) is 5.17 Å². The number of aliphatic hydroxyl groups is 1. The molecule has 2 bridgehead atoms. The number of hydrogen-bond acceptors (Lipinski definition) is 4. The first-order valence-corrected chi connectivity index (χ1v) is 8.24. The summed E-state index contributed by atoms with van der Waals surface area (Å²) in [6.07, 6.45) is 7.23. The Labute approximate surface area is 117 Å². The highest BCUT2D eigenvalue weighted by Gasteiger charge is 2.50. The van der Waals surface area contributed by atoms with E-state index < -0.39 is 0 Å². The molecule has 1 amide bonds. The van der Waals surface area contributed by atoms with Crippen molar-refractivity contribution < 1.29 is 9.90 Å². The molecule has 1 saturated heterocycles. The van der Waals surface area contributed by atoms with Crippen LogP contribution < -0.4 is 5.32 Å². The van der Waals surface area contributed by atoms with Crippen LogP contribution in [0, 0.1) is 11.8 Å². The predicted octanol–water partition coefficient (Wildman–Crippen LogP) is 1.68. The maximum atomic E-state index is 12.1. The number of fused-ring (bicyclic) bond motifs is 2. The normalized spacial score (nSPS) is 45.5. The summed E-state index contributed by atoms with van der Waals surface area (Å²) in [4.78, 5) is 16.9. The summed E-state index contributed by atoms with van der Waals surface area (Å²) in [5, 5.41) is 13.6. The number of aliphatic imine (C=N–C) groups is 1. The molecule has 4 aliphatic rings. The van der Waals surface area contributed by atoms with E-state index in [-0.39, 0.29) is 16.8 Å². The van der Waals surface area contributed by atoms with Crippen LogP contribution in [0.4, 0.5) is 0 Å². The molecular weight excluding hydrogens is 260 g/mol. The van der Waals surface area contributed by atoms with E-state index in [0.29, 0.717) is 17.9 Å². The Bertz CT molecular complexity index is 443. The van der Waals surface area contributed by atoms with Crippen molar-refractivity contribution in [3.8, 4) is 0 Å². The number of rotatable bonds is 1. The van der Waals surface area contributed by atoms with E-state index in [1.165, 1.54) is 0 Å². The molecule has 1 spiro atoms. The van der Waals surface area contributed by atoms with Crippen LogP contribution in [0.1, 0.15) is 44.9 Å². The van der Waals surface area contributed by atoms with E-state index in [1.807, 2.05) is 0 Å². The minimum atomic E-state index is -0.198. The van der Waals surface area contributed by atoms with Crippen molar-refractivity contribution in [2.45, 2.75) is 61.8 Å². The maximum absolute atomic E-state index is 12.1. The molecule has 1 heterocycles. The molecule has 3 aliphatic carbocycles. The first kappa shape index (κ1) is 12.2. The fourth-order valence-electron chi connectivity index (χ4n) is 4.33. The lowest BCUT2D eigenvalue weighted by Gasteiger charge is -2.22. The third-order valence-electron chi connectivity index (χ3n) is 5.40. The van der Waals surface area contributed by atoms with E-state index in [2.05, 4.69) is 5.32 Å². The molecule has 0 aromatic rings. The smallest absolute Gasteiger partial charge is 0.242 e. The second-order valence-corrected chi connectivity index (χ2v) is 7.93. The SMILES string of the molecule is O=C1NC(=N[C@H]2C[C@H]3C[C@@H]2C[C@@H]3O)SC12CCCC2. The predicted molar refractivity (Wildman–Crippen MR) is 75.0 cm³/mol. The number of nitrogens with one attached hydrogen (secondary N) is 1. The van der Waals surface area contributed by atoms with Crippen molar-refractivity contribution >= 4 is 22.8 Å². The van der Waals surface area contributed by atoms with E-state index in [1.54, 1.807) is 11.8 Å². The maximum Gasteiger partial charge on any atom is 0.242 e. The highest BCUT2D eigenvalue weighted by atomic mass is 32.2. The van der Waals surface area contributed by atoms with Gasteiger partial charge in [0.05, 0.1) is 12.1 Å². The number of hydrogen-bond donors (Lipinski definition) is 2. The van der Waals surface area contributed by atoms with Gasteiger partial charge in [0.2, 0.25) is 5.91 Å². The van der Waals surface area contributed by atoms with E-state index >= 15 is 0 Å². The van der Waals surface area contributed by atoms with Gasteiger partial charge in [-0.2, -0.15) is 0 Å². The molecule has 5 heteroatoms. The summed E-state index contributed by atoms with van der Waals surface area (Å²) < 4.78 is -0.198. The minimum absolute atomic E-state index is 0.103. The van der Waals surface area contributed by atoms with Gasteiger partial charge < -0.3 is 10.4 Å². The number of amides is 1. The van der Waals surface area contributed by atoms with Gasteiger partial charge >= 0.3 is 0 Å². The first-order valence-electron chi connectivity index (χ1n) is 7.43. The second kappa shape index (κ2) is 4.22. The highest BCUT2D eigenvalue weighted by molar-refractivity contribution is 8.16. The van der Waals surface area contributed by atoms with Gasteiger partial charge in [-0.05, 0) is 43.9 Å². The molecule has 0 aromatic heterocycles. The van der Waals surface area contributed by atoms with Gasteiger partial charge in [-0.15, -0.1) is 0 Å². The molecule has 4 nitrogen and oxygen atoms in total. The Morgan fingerprint density at radius 1 is 1.21 bits per heavy atom. The van der Waals surface area contributed by atoms with Crippen LogP contribution in [0.15, 0.2) is 4.99 Å². The molecular formula is C14H20N2O2S. The van der Waals surface area contributed by atoms with Gasteiger partial charge in [-0.3, -0.25) is 9.79 Å². The standard InChI is InChI=1S/C14H20N2O2S/c17-11-7-8-5-9(11)6-10(8)15-13-16-12(18)14(19-13)3-1-2-4-14/h8-11,17H,1-7H2,(H,15,16,18)/t8-,9-,10+,11+/m1/s1. The molecule has 2 N–H and O–H groups in total. The second-order valence-electron chi connectivity index (χ2n) is 6.55. The molecule has 104 valence electrons. The van der Waals surface area contributed by atoms with Gasteiger partial charge in [-0.25, -0.2) is 0 Å². The molecule has 4 rings (SSSR count). The van der Waals surface area contributed by atoms with Crippen LogP contribution in [0.2, 0.25) is 0 Å². The van der Waals surface area contributed by atoms with Crippen molar-refractivity contribution in [3.63, 3.8) is 0 Å². The zero-order chi connectivity index (χ0) is 13.0. The quantitative estimate of drug-likeness (QED) is 0.768. The van der Waals surface area contributed by atoms with Crippen molar-refractivity contribution in [2.75, 3.05) is 0 Å². The van der Waals surface area contributed by atoms with Crippen molar-refractivity contribution in [3.05, 3.63) is 0 Å². The van der Waals surface area contributed by atoms with Gasteiger partial charge in [-0.1, -0.05) is 24.6 Å². The Hall–Kier alpha value is -0.550. The number of amidine groups is 1. The van der Waals surface area contributed by atoms with Gasteiger partial charge in [0.1, 0.15) is 4.75 Å². The lowest BCUT2D eigenvalue weighted by Crippen LogP contribution is -2.34. The molecule has 0 radical (unpaired) electrons. The topological polar surface area (TPSA) is 61.7 Å². The fraction of sp³-hybridized carbons (Fsp3) is 0.857. The number of aliphatic hydroxyl groups excluding tert-OH is 1. The van der Waals surface area contributed by atoms with Gasteiger partial charge in [0, 0.05) is 0 Å². The Balaban J connectivity index is 1.49. The van der Waals surface area contributed by atoms with Crippen LogP contribution in [0.5, 0.6) is 0 Å². The molecule has 19 heavy (non-hydrogen) atoms. The third kappa shape index (κ3) is 1.85. The van der Waals surface area contributed by atoms with Crippen LogP contribution >= 0.6 is 11.8 Å². The van der Waals surface area contributed by atoms with Crippen LogP contribution in [0.25, 0.3) is 0 Å². The Morgan fingerprint density at radius 2 is 2.00 bits per heavy atom. The summed E-state index contributed by atoms with van der Waals surface area (Å²) in [7, 11) is 0. The Morgan fingerprint density at radius 3 is 2.63 bits per heavy atom. The monoisotopic (exact) mass is 280 g/mol. The Kier molecular flexibility index (Phi) is 2.71. The average molecular weight is 280 g/mol. The summed E-state index contributed by atoms with van der Waals surface area (Å²) in [6, 6.07) is 0.327. The molecule has 3 saturated carbocycles. The number of thioether (sulfide) groups is 1. The highest BCUT2D eigenvalue weighted by Crippen LogP contribution is 2.48. The summed E-state index contributed by atoms with van der Waals surface area (Å²) >= 11 is 1.67. The molecule has 1 aliphatic heterocycles. The van der Waals surface area contributed by atoms with Crippen molar-refractivity contribution in [1.29, 1.82) is 0 Å². The minimum Gasteiger partial charge on any atom is -0.393 e. The largest absolute Gasteiger partial charge is 0.393 e.